The van der Waals surface area contributed by atoms with Gasteiger partial charge >= 0.3 is 0 Å². The molecular weight excluding hydrogens is 246 g/mol. The van der Waals surface area contributed by atoms with Crippen LogP contribution in [0.15, 0.2) is 35.7 Å². The van der Waals surface area contributed by atoms with Gasteiger partial charge in [0.25, 0.3) is 0 Å². The van der Waals surface area contributed by atoms with Gasteiger partial charge in [-0.05, 0) is 12.5 Å². The maximum absolute atomic E-state index is 11.8. The summed E-state index contributed by atoms with van der Waals surface area (Å²) in [5.41, 5.74) is 2.02. The Hall–Kier alpha value is -1.88. The summed E-state index contributed by atoms with van der Waals surface area (Å²) in [6, 6.07) is 9.78. The smallest absolute Gasteiger partial charge is 0.240 e. The Morgan fingerprint density at radius 2 is 2.11 bits per heavy atom. The van der Waals surface area contributed by atoms with Crippen molar-refractivity contribution in [3.05, 3.63) is 51.8 Å². The highest BCUT2D eigenvalue weighted by molar-refractivity contribution is 7.07. The predicted molar refractivity (Wildman–Crippen MR) is 71.2 cm³/mol. The molecule has 2 N–H and O–H groups in total. The van der Waals surface area contributed by atoms with Crippen LogP contribution in [0.2, 0.25) is 0 Å². The van der Waals surface area contributed by atoms with E-state index in [1.165, 1.54) is 11.3 Å². The van der Waals surface area contributed by atoms with Crippen molar-refractivity contribution in [2.24, 2.45) is 0 Å². The lowest BCUT2D eigenvalue weighted by Crippen LogP contribution is -2.30. The van der Waals surface area contributed by atoms with Crippen LogP contribution in [0.1, 0.15) is 11.3 Å². The first kappa shape index (κ1) is 12.6. The van der Waals surface area contributed by atoms with Crippen LogP contribution in [0.4, 0.5) is 0 Å². The normalized spacial score (nSPS) is 10.3. The Labute approximate surface area is 109 Å². The molecule has 0 saturated carbocycles. The van der Waals surface area contributed by atoms with Gasteiger partial charge in [0.1, 0.15) is 6.54 Å². The second kappa shape index (κ2) is 5.64. The third-order valence-electron chi connectivity index (χ3n) is 2.65. The summed E-state index contributed by atoms with van der Waals surface area (Å²) in [7, 11) is 0. The Morgan fingerprint density at radius 1 is 1.39 bits per heavy atom. The van der Waals surface area contributed by atoms with E-state index in [-0.39, 0.29) is 12.5 Å². The molecule has 0 spiro atoms. The molecule has 0 atom stereocenters. The lowest BCUT2D eigenvalue weighted by molar-refractivity contribution is -0.121. The largest absolute Gasteiger partial charge is 0.350 e. The summed E-state index contributed by atoms with van der Waals surface area (Å²) < 4.78 is 1.70. The van der Waals surface area contributed by atoms with Gasteiger partial charge in [0.05, 0.1) is 0 Å². The highest BCUT2D eigenvalue weighted by atomic mass is 32.1. The van der Waals surface area contributed by atoms with Gasteiger partial charge in [-0.15, -0.1) is 11.3 Å². The first-order chi connectivity index (χ1) is 8.66. The molecule has 0 radical (unpaired) electrons. The van der Waals surface area contributed by atoms with Crippen LogP contribution in [0, 0.1) is 12.3 Å². The van der Waals surface area contributed by atoms with E-state index >= 15 is 0 Å². The third-order valence-corrected chi connectivity index (χ3v) is 3.55. The molecule has 0 aliphatic heterocycles. The van der Waals surface area contributed by atoms with Crippen LogP contribution < -0.4 is 10.1 Å². The van der Waals surface area contributed by atoms with E-state index < -0.39 is 0 Å². The van der Waals surface area contributed by atoms with E-state index in [9.17, 15) is 4.79 Å². The number of aromatic nitrogens is 1. The number of thiazole rings is 1. The highest BCUT2D eigenvalue weighted by Gasteiger charge is 2.06. The van der Waals surface area contributed by atoms with Gasteiger partial charge in [0, 0.05) is 17.6 Å². The Kier molecular flexibility index (Phi) is 3.94. The number of amides is 1. The fourth-order valence-corrected chi connectivity index (χ4v) is 2.37. The fraction of sp³-hybridized carbons (Fsp3) is 0.231. The average Bonchev–Trinajstić information content (AvgIpc) is 2.69. The van der Waals surface area contributed by atoms with Gasteiger partial charge in [-0.1, -0.05) is 30.3 Å². The number of rotatable bonds is 4. The first-order valence-corrected chi connectivity index (χ1v) is 6.55. The van der Waals surface area contributed by atoms with Gasteiger partial charge in [-0.25, -0.2) is 0 Å². The van der Waals surface area contributed by atoms with E-state index in [0.717, 1.165) is 11.3 Å². The number of aryl methyl sites for hydroxylation is 1. The van der Waals surface area contributed by atoms with E-state index in [2.05, 4.69) is 5.32 Å². The van der Waals surface area contributed by atoms with Gasteiger partial charge in [0.2, 0.25) is 5.91 Å². The molecule has 0 bridgehead atoms. The van der Waals surface area contributed by atoms with Gasteiger partial charge in [-0.2, -0.15) is 0 Å². The molecule has 94 valence electrons. The maximum atomic E-state index is 11.8. The van der Waals surface area contributed by atoms with Gasteiger partial charge in [-0.3, -0.25) is 10.2 Å². The van der Waals surface area contributed by atoms with Crippen molar-refractivity contribution in [2.75, 3.05) is 0 Å². The molecule has 0 unspecified atom stereocenters. The van der Waals surface area contributed by atoms with Crippen LogP contribution >= 0.6 is 11.3 Å². The Balaban J connectivity index is 1.92. The average molecular weight is 261 g/mol. The first-order valence-electron chi connectivity index (χ1n) is 5.67. The zero-order valence-electron chi connectivity index (χ0n) is 10.1. The van der Waals surface area contributed by atoms with Crippen LogP contribution in [0.3, 0.4) is 0 Å². The molecule has 4 nitrogen and oxygen atoms in total. The number of benzene rings is 1. The molecule has 2 aromatic rings. The van der Waals surface area contributed by atoms with Crippen LogP contribution in [0.5, 0.6) is 0 Å². The molecule has 1 amide bonds. The van der Waals surface area contributed by atoms with E-state index in [1.807, 2.05) is 42.6 Å². The van der Waals surface area contributed by atoms with Crippen molar-refractivity contribution in [1.82, 2.24) is 9.88 Å². The molecule has 1 heterocycles. The zero-order valence-corrected chi connectivity index (χ0v) is 11.0. The minimum atomic E-state index is -0.0705. The molecule has 0 aliphatic carbocycles. The fourth-order valence-electron chi connectivity index (χ4n) is 1.62. The lowest BCUT2D eigenvalue weighted by atomic mass is 10.2. The van der Waals surface area contributed by atoms with Crippen molar-refractivity contribution in [2.45, 2.75) is 20.0 Å². The monoisotopic (exact) mass is 261 g/mol. The van der Waals surface area contributed by atoms with Gasteiger partial charge < -0.3 is 9.88 Å². The topological polar surface area (TPSA) is 57.9 Å². The molecule has 1 aromatic heterocycles. The quantitative estimate of drug-likeness (QED) is 0.864. The van der Waals surface area contributed by atoms with Crippen molar-refractivity contribution < 1.29 is 4.79 Å². The highest BCUT2D eigenvalue weighted by Crippen LogP contribution is 2.00. The predicted octanol–water partition coefficient (Wildman–Crippen LogP) is 1.65. The number of carbonyl (C=O) groups is 1. The minimum absolute atomic E-state index is 0.0705. The van der Waals surface area contributed by atoms with Crippen molar-refractivity contribution in [1.29, 1.82) is 5.41 Å². The second-order valence-electron chi connectivity index (χ2n) is 4.03. The third kappa shape index (κ3) is 3.07. The maximum Gasteiger partial charge on any atom is 0.240 e. The van der Waals surface area contributed by atoms with E-state index in [1.54, 1.807) is 4.57 Å². The molecular formula is C13H15N3OS. The summed E-state index contributed by atoms with van der Waals surface area (Å²) in [5.74, 6) is -0.0705. The molecule has 18 heavy (non-hydrogen) atoms. The summed E-state index contributed by atoms with van der Waals surface area (Å²) in [6.07, 6.45) is 0. The zero-order chi connectivity index (χ0) is 13.0. The SMILES string of the molecule is Cc1csc(=N)n1CC(=O)NCc1ccccc1. The summed E-state index contributed by atoms with van der Waals surface area (Å²) in [5, 5.41) is 12.4. The standard InChI is InChI=1S/C13H15N3OS/c1-10-9-18-13(14)16(10)8-12(17)15-7-11-5-3-2-4-6-11/h2-6,9,14H,7-8H2,1H3,(H,15,17). The van der Waals surface area contributed by atoms with Crippen LogP contribution in [-0.2, 0) is 17.9 Å². The van der Waals surface area contributed by atoms with E-state index in [0.29, 0.717) is 11.3 Å². The number of nitrogens with zero attached hydrogens (tertiary/aromatic N) is 1. The molecule has 1 aromatic carbocycles. The van der Waals surface area contributed by atoms with Crippen LogP contribution in [-0.4, -0.2) is 10.5 Å². The van der Waals surface area contributed by atoms with Crippen molar-refractivity contribution >= 4 is 17.2 Å². The van der Waals surface area contributed by atoms with Crippen molar-refractivity contribution in [3.8, 4) is 0 Å². The second-order valence-corrected chi connectivity index (χ2v) is 4.89. The summed E-state index contributed by atoms with van der Waals surface area (Å²) in [4.78, 5) is 12.2. The van der Waals surface area contributed by atoms with Gasteiger partial charge in [0.15, 0.2) is 4.80 Å². The number of carbonyl (C=O) groups excluding carboxylic acids is 1. The number of nitrogens with one attached hydrogen (secondary N) is 2. The Morgan fingerprint density at radius 3 is 2.72 bits per heavy atom. The van der Waals surface area contributed by atoms with Crippen LogP contribution in [0.25, 0.3) is 0 Å². The minimum Gasteiger partial charge on any atom is -0.350 e. The molecule has 5 heteroatoms. The molecule has 0 saturated heterocycles. The molecule has 0 fully saturated rings. The molecule has 0 aliphatic rings. The number of hydrogen-bond acceptors (Lipinski definition) is 3. The Bertz CT molecular complexity index is 586. The summed E-state index contributed by atoms with van der Waals surface area (Å²) in [6.45, 7) is 2.64. The summed E-state index contributed by atoms with van der Waals surface area (Å²) >= 11 is 1.34. The molecule has 2 rings (SSSR count). The van der Waals surface area contributed by atoms with E-state index in [4.69, 9.17) is 5.41 Å². The van der Waals surface area contributed by atoms with Crippen molar-refractivity contribution in [3.63, 3.8) is 0 Å². The lowest BCUT2D eigenvalue weighted by Gasteiger charge is -2.07. The number of hydrogen-bond donors (Lipinski definition) is 2.